The van der Waals surface area contributed by atoms with Crippen LogP contribution in [0, 0.1) is 17.3 Å². The predicted molar refractivity (Wildman–Crippen MR) is 89.9 cm³/mol. The molecule has 0 bridgehead atoms. The number of benzene rings is 1. The van der Waals surface area contributed by atoms with Crippen LogP contribution in [0.4, 0.5) is 0 Å². The fourth-order valence-corrected chi connectivity index (χ4v) is 3.89. The minimum Gasteiger partial charge on any atom is -0.396 e. The van der Waals surface area contributed by atoms with E-state index in [-0.39, 0.29) is 42.4 Å². The third kappa shape index (κ3) is 3.21. The van der Waals surface area contributed by atoms with Crippen LogP contribution in [0.3, 0.4) is 0 Å². The van der Waals surface area contributed by atoms with Gasteiger partial charge in [0.2, 0.25) is 5.91 Å². The largest absolute Gasteiger partial charge is 0.396 e. The summed E-state index contributed by atoms with van der Waals surface area (Å²) in [5.41, 5.74) is 1.02. The summed E-state index contributed by atoms with van der Waals surface area (Å²) in [4.78, 5) is 25.2. The van der Waals surface area contributed by atoms with Crippen LogP contribution in [-0.2, 0) is 14.6 Å². The molecule has 5 nitrogen and oxygen atoms in total. The Balaban J connectivity index is 1.78. The Kier molecular flexibility index (Phi) is 5.23. The number of carbonyl (C=O) groups is 1. The van der Waals surface area contributed by atoms with E-state index >= 15 is 0 Å². The van der Waals surface area contributed by atoms with Crippen molar-refractivity contribution in [3.05, 3.63) is 35.9 Å². The van der Waals surface area contributed by atoms with Gasteiger partial charge in [0.15, 0.2) is 0 Å². The maximum absolute atomic E-state index is 13.0. The Bertz CT molecular complexity index is 558. The zero-order chi connectivity index (χ0) is 17.2. The van der Waals surface area contributed by atoms with Crippen molar-refractivity contribution in [3.63, 3.8) is 0 Å². The highest BCUT2D eigenvalue weighted by Crippen LogP contribution is 2.56. The van der Waals surface area contributed by atoms with Crippen molar-refractivity contribution < 1.29 is 19.7 Å². The van der Waals surface area contributed by atoms with Crippen LogP contribution in [0.25, 0.3) is 0 Å². The first-order chi connectivity index (χ1) is 11.6. The molecule has 1 aliphatic heterocycles. The molecule has 0 radical (unpaired) electrons. The minimum absolute atomic E-state index is 0.0211. The van der Waals surface area contributed by atoms with E-state index in [9.17, 15) is 9.90 Å². The molecule has 132 valence electrons. The van der Waals surface area contributed by atoms with Gasteiger partial charge in [-0.25, -0.2) is 9.78 Å². The minimum atomic E-state index is -0.239. The van der Waals surface area contributed by atoms with Gasteiger partial charge in [-0.05, 0) is 43.6 Å². The standard InChI is InChI=1S/C19H27NO4/c1-3-23-24-12-16-17(19(13-21)9-10-19)11-20(18(16)22)14(2)15-7-5-4-6-8-15/h4-8,14,16-17,21H,3,9-13H2,1-2H3/t14-,16?,17+/m0/s1. The van der Waals surface area contributed by atoms with Crippen molar-refractivity contribution in [1.82, 2.24) is 4.90 Å². The van der Waals surface area contributed by atoms with Gasteiger partial charge in [-0.15, -0.1) is 0 Å². The Labute approximate surface area is 143 Å². The SMILES string of the molecule is CCOOCC1C(=O)N([C@@H](C)c2ccccc2)C[C@H]1C1(CO)CC1. The number of aliphatic hydroxyl groups is 1. The molecular formula is C19H27NO4. The molecule has 1 aromatic carbocycles. The van der Waals surface area contributed by atoms with Gasteiger partial charge in [0.25, 0.3) is 0 Å². The summed E-state index contributed by atoms with van der Waals surface area (Å²) in [5.74, 6) is -0.00485. The van der Waals surface area contributed by atoms with Gasteiger partial charge in [-0.1, -0.05) is 30.3 Å². The van der Waals surface area contributed by atoms with E-state index in [1.54, 1.807) is 0 Å². The molecule has 1 saturated carbocycles. The molecule has 2 aliphatic rings. The molecule has 3 atom stereocenters. The quantitative estimate of drug-likeness (QED) is 0.451. The van der Waals surface area contributed by atoms with Gasteiger partial charge in [0, 0.05) is 13.2 Å². The lowest BCUT2D eigenvalue weighted by atomic mass is 9.82. The maximum Gasteiger partial charge on any atom is 0.229 e. The van der Waals surface area contributed by atoms with E-state index in [1.165, 1.54) is 0 Å². The molecule has 0 spiro atoms. The molecule has 3 rings (SSSR count). The van der Waals surface area contributed by atoms with Crippen LogP contribution in [0.2, 0.25) is 0 Å². The molecule has 1 unspecified atom stereocenters. The highest BCUT2D eigenvalue weighted by Gasteiger charge is 2.57. The Morgan fingerprint density at radius 3 is 2.58 bits per heavy atom. The molecule has 1 amide bonds. The number of amides is 1. The summed E-state index contributed by atoms with van der Waals surface area (Å²) in [5, 5.41) is 9.83. The zero-order valence-electron chi connectivity index (χ0n) is 14.5. The first kappa shape index (κ1) is 17.4. The Morgan fingerprint density at radius 1 is 1.29 bits per heavy atom. The number of rotatable bonds is 8. The molecule has 2 fully saturated rings. The summed E-state index contributed by atoms with van der Waals surface area (Å²) in [6.07, 6.45) is 1.97. The van der Waals surface area contributed by atoms with Crippen molar-refractivity contribution in [2.45, 2.75) is 32.7 Å². The van der Waals surface area contributed by atoms with Crippen molar-refractivity contribution >= 4 is 5.91 Å². The second kappa shape index (κ2) is 7.21. The van der Waals surface area contributed by atoms with E-state index in [2.05, 4.69) is 19.1 Å². The summed E-state index contributed by atoms with van der Waals surface area (Å²) in [6, 6.07) is 10.1. The molecular weight excluding hydrogens is 306 g/mol. The first-order valence-electron chi connectivity index (χ1n) is 8.83. The van der Waals surface area contributed by atoms with Gasteiger partial charge in [0.05, 0.1) is 25.2 Å². The van der Waals surface area contributed by atoms with E-state index < -0.39 is 0 Å². The number of hydrogen-bond acceptors (Lipinski definition) is 4. The van der Waals surface area contributed by atoms with E-state index in [0.717, 1.165) is 18.4 Å². The van der Waals surface area contributed by atoms with Crippen molar-refractivity contribution in [2.24, 2.45) is 17.3 Å². The van der Waals surface area contributed by atoms with E-state index in [1.807, 2.05) is 30.0 Å². The third-order valence-electron chi connectivity index (χ3n) is 5.67. The van der Waals surface area contributed by atoms with Crippen LogP contribution in [0.1, 0.15) is 38.3 Å². The second-order valence-electron chi connectivity index (χ2n) is 7.00. The molecule has 24 heavy (non-hydrogen) atoms. The summed E-state index contributed by atoms with van der Waals surface area (Å²) in [6.45, 7) is 5.46. The molecule has 1 aliphatic carbocycles. The van der Waals surface area contributed by atoms with Crippen LogP contribution in [-0.4, -0.2) is 42.3 Å². The number of nitrogens with zero attached hydrogens (tertiary/aromatic N) is 1. The molecule has 1 aromatic rings. The predicted octanol–water partition coefficient (Wildman–Crippen LogP) is 2.56. The Hall–Kier alpha value is -1.43. The highest BCUT2D eigenvalue weighted by atomic mass is 17.2. The lowest BCUT2D eigenvalue weighted by Gasteiger charge is -2.27. The van der Waals surface area contributed by atoms with Gasteiger partial charge in [-0.3, -0.25) is 4.79 Å². The van der Waals surface area contributed by atoms with Crippen molar-refractivity contribution in [3.8, 4) is 0 Å². The van der Waals surface area contributed by atoms with Gasteiger partial charge < -0.3 is 10.0 Å². The summed E-state index contributed by atoms with van der Waals surface area (Å²) >= 11 is 0. The maximum atomic E-state index is 13.0. The van der Waals surface area contributed by atoms with Gasteiger partial charge >= 0.3 is 0 Å². The smallest absolute Gasteiger partial charge is 0.229 e. The summed E-state index contributed by atoms with van der Waals surface area (Å²) < 4.78 is 0. The summed E-state index contributed by atoms with van der Waals surface area (Å²) in [7, 11) is 0. The zero-order valence-corrected chi connectivity index (χ0v) is 14.5. The number of aliphatic hydroxyl groups excluding tert-OH is 1. The van der Waals surface area contributed by atoms with Crippen LogP contribution in [0.5, 0.6) is 0 Å². The number of hydrogen-bond donors (Lipinski definition) is 1. The topological polar surface area (TPSA) is 59.0 Å². The molecule has 0 aromatic heterocycles. The monoisotopic (exact) mass is 333 g/mol. The average Bonchev–Trinajstić information content (AvgIpc) is 3.35. The third-order valence-corrected chi connectivity index (χ3v) is 5.67. The highest BCUT2D eigenvalue weighted by molar-refractivity contribution is 5.82. The first-order valence-corrected chi connectivity index (χ1v) is 8.83. The van der Waals surface area contributed by atoms with Crippen LogP contribution < -0.4 is 0 Å². The van der Waals surface area contributed by atoms with Crippen LogP contribution in [0.15, 0.2) is 30.3 Å². The lowest BCUT2D eigenvalue weighted by molar-refractivity contribution is -0.298. The van der Waals surface area contributed by atoms with Crippen molar-refractivity contribution in [2.75, 3.05) is 26.4 Å². The fraction of sp³-hybridized carbons (Fsp3) is 0.632. The number of likely N-dealkylation sites (tertiary alicyclic amines) is 1. The van der Waals surface area contributed by atoms with Gasteiger partial charge in [-0.2, -0.15) is 0 Å². The van der Waals surface area contributed by atoms with E-state index in [0.29, 0.717) is 13.2 Å². The molecule has 1 saturated heterocycles. The normalized spacial score (nSPS) is 26.6. The molecule has 5 heteroatoms. The van der Waals surface area contributed by atoms with E-state index in [4.69, 9.17) is 9.78 Å². The van der Waals surface area contributed by atoms with Crippen LogP contribution >= 0.6 is 0 Å². The second-order valence-corrected chi connectivity index (χ2v) is 7.00. The molecule has 1 N–H and O–H groups in total. The number of carbonyl (C=O) groups excluding carboxylic acids is 1. The lowest BCUT2D eigenvalue weighted by Crippen LogP contribution is -2.32. The van der Waals surface area contributed by atoms with Gasteiger partial charge in [0.1, 0.15) is 0 Å². The molecule has 1 heterocycles. The average molecular weight is 333 g/mol. The Morgan fingerprint density at radius 2 is 2.00 bits per heavy atom. The fourth-order valence-electron chi connectivity index (χ4n) is 3.89. The van der Waals surface area contributed by atoms with Crippen molar-refractivity contribution in [1.29, 1.82) is 0 Å².